The highest BCUT2D eigenvalue weighted by Gasteiger charge is 2.09. The maximum Gasteiger partial charge on any atom is 0.307 e. The van der Waals surface area contributed by atoms with Crippen molar-refractivity contribution in [2.24, 2.45) is 9.98 Å². The molecule has 7 heteroatoms. The molecule has 2 aromatic rings. The number of nitrogens with one attached hydrogen (secondary N) is 1. The fourth-order valence-corrected chi connectivity index (χ4v) is 3.66. The number of rotatable bonds is 10. The highest BCUT2D eigenvalue weighted by atomic mass is 32.1. The van der Waals surface area contributed by atoms with Crippen LogP contribution in [-0.4, -0.2) is 37.6 Å². The van der Waals surface area contributed by atoms with Gasteiger partial charge >= 0.3 is 5.97 Å². The van der Waals surface area contributed by atoms with Crippen LogP contribution in [0.5, 0.6) is 0 Å². The third kappa shape index (κ3) is 6.57. The van der Waals surface area contributed by atoms with Crippen molar-refractivity contribution < 1.29 is 9.90 Å². The zero-order valence-electron chi connectivity index (χ0n) is 17.4. The summed E-state index contributed by atoms with van der Waals surface area (Å²) in [5.41, 5.74) is 3.50. The van der Waals surface area contributed by atoms with Crippen LogP contribution in [-0.2, 0) is 17.8 Å². The summed E-state index contributed by atoms with van der Waals surface area (Å²) in [6, 6.07) is 11.5. The summed E-state index contributed by atoms with van der Waals surface area (Å²) < 4.78 is 0. The van der Waals surface area contributed by atoms with E-state index in [1.54, 1.807) is 23.5 Å². The van der Waals surface area contributed by atoms with E-state index in [4.69, 9.17) is 10.1 Å². The van der Waals surface area contributed by atoms with Crippen LogP contribution >= 0.6 is 11.3 Å². The van der Waals surface area contributed by atoms with Gasteiger partial charge in [0.25, 0.3) is 0 Å². The SMILES string of the molecule is C=N/C(Nc1ccc(CC(=O)O)cc1)=C(/CC)C(C)=NCc1ccc(N(C)C)s1. The largest absolute Gasteiger partial charge is 0.481 e. The van der Waals surface area contributed by atoms with Crippen LogP contribution < -0.4 is 10.2 Å². The second kappa shape index (κ2) is 10.6. The Hall–Kier alpha value is -2.93. The molecule has 0 unspecified atom stereocenters. The summed E-state index contributed by atoms with van der Waals surface area (Å²) in [4.78, 5) is 23.0. The zero-order chi connectivity index (χ0) is 21.4. The molecule has 0 aliphatic carbocycles. The number of carboxylic acid groups (broad SMARTS) is 1. The van der Waals surface area contributed by atoms with Gasteiger partial charge in [0.1, 0.15) is 5.82 Å². The van der Waals surface area contributed by atoms with Crippen molar-refractivity contribution in [2.75, 3.05) is 24.3 Å². The van der Waals surface area contributed by atoms with Gasteiger partial charge in [-0.25, -0.2) is 4.99 Å². The molecule has 2 rings (SSSR count). The molecular weight excluding hydrogens is 384 g/mol. The summed E-state index contributed by atoms with van der Waals surface area (Å²) in [5, 5.41) is 13.4. The lowest BCUT2D eigenvalue weighted by Crippen LogP contribution is -2.08. The Bertz CT molecular complexity index is 911. The van der Waals surface area contributed by atoms with E-state index in [0.29, 0.717) is 12.4 Å². The Morgan fingerprint density at radius 2 is 1.90 bits per heavy atom. The highest BCUT2D eigenvalue weighted by molar-refractivity contribution is 7.16. The number of carboxylic acids is 1. The molecule has 0 aliphatic rings. The number of aliphatic carboxylic acids is 1. The van der Waals surface area contributed by atoms with Crippen LogP contribution in [0.2, 0.25) is 0 Å². The van der Waals surface area contributed by atoms with Crippen molar-refractivity contribution >= 4 is 40.4 Å². The number of anilines is 2. The molecule has 1 heterocycles. The standard InChI is InChI=1S/C22H28N4O2S/c1-6-19(15(2)24-14-18-11-12-20(29-18)26(4)5)22(23-3)25-17-9-7-16(8-10-17)13-21(27)28/h7-12,25H,3,6,13-14H2,1-2,4-5H3,(H,27,28)/b22-19+,24-15?. The van der Waals surface area contributed by atoms with E-state index < -0.39 is 5.97 Å². The molecule has 1 aromatic carbocycles. The predicted molar refractivity (Wildman–Crippen MR) is 124 cm³/mol. The average Bonchev–Trinajstić information content (AvgIpc) is 3.16. The minimum Gasteiger partial charge on any atom is -0.481 e. The molecule has 0 saturated heterocycles. The normalized spacial score (nSPS) is 12.3. The van der Waals surface area contributed by atoms with Gasteiger partial charge in [-0.3, -0.25) is 9.79 Å². The third-order valence-corrected chi connectivity index (χ3v) is 5.60. The van der Waals surface area contributed by atoms with E-state index in [1.165, 1.54) is 9.88 Å². The van der Waals surface area contributed by atoms with Crippen molar-refractivity contribution in [3.05, 3.63) is 58.2 Å². The van der Waals surface area contributed by atoms with Crippen LogP contribution in [0.4, 0.5) is 10.7 Å². The summed E-state index contributed by atoms with van der Waals surface area (Å²) in [6.45, 7) is 8.38. The third-order valence-electron chi connectivity index (χ3n) is 4.37. The van der Waals surface area contributed by atoms with E-state index in [1.807, 2.05) is 33.2 Å². The molecule has 0 radical (unpaired) electrons. The van der Waals surface area contributed by atoms with Crippen molar-refractivity contribution in [1.82, 2.24) is 0 Å². The lowest BCUT2D eigenvalue weighted by Gasteiger charge is -2.13. The lowest BCUT2D eigenvalue weighted by atomic mass is 10.1. The fourth-order valence-electron chi connectivity index (χ4n) is 2.81. The number of allylic oxidation sites excluding steroid dienone is 1. The molecule has 6 nitrogen and oxygen atoms in total. The summed E-state index contributed by atoms with van der Waals surface area (Å²) >= 11 is 1.73. The van der Waals surface area contributed by atoms with Crippen LogP contribution in [0.1, 0.15) is 30.7 Å². The molecule has 0 aliphatic heterocycles. The van der Waals surface area contributed by atoms with E-state index in [2.05, 4.69) is 41.0 Å². The van der Waals surface area contributed by atoms with E-state index in [0.717, 1.165) is 29.0 Å². The number of thiophene rings is 1. The topological polar surface area (TPSA) is 77.3 Å². The van der Waals surface area contributed by atoms with Gasteiger partial charge in [-0.2, -0.15) is 0 Å². The second-order valence-electron chi connectivity index (χ2n) is 6.77. The first-order chi connectivity index (χ1) is 13.8. The number of benzene rings is 1. The molecule has 29 heavy (non-hydrogen) atoms. The summed E-state index contributed by atoms with van der Waals surface area (Å²) in [6.07, 6.45) is 0.772. The second-order valence-corrected chi connectivity index (χ2v) is 7.91. The van der Waals surface area contributed by atoms with E-state index >= 15 is 0 Å². The van der Waals surface area contributed by atoms with Gasteiger partial charge in [-0.05, 0) is 49.9 Å². The van der Waals surface area contributed by atoms with Gasteiger partial charge in [0, 0.05) is 35.9 Å². The van der Waals surface area contributed by atoms with Crippen molar-refractivity contribution in [3.63, 3.8) is 0 Å². The first-order valence-electron chi connectivity index (χ1n) is 9.39. The highest BCUT2D eigenvalue weighted by Crippen LogP contribution is 2.25. The maximum absolute atomic E-state index is 10.8. The minimum atomic E-state index is -0.845. The van der Waals surface area contributed by atoms with Crippen LogP contribution in [0.15, 0.2) is 57.8 Å². The average molecular weight is 413 g/mol. The molecule has 0 bridgehead atoms. The Balaban J connectivity index is 2.16. The monoisotopic (exact) mass is 412 g/mol. The maximum atomic E-state index is 10.8. The molecule has 2 N–H and O–H groups in total. The molecule has 0 amide bonds. The van der Waals surface area contributed by atoms with Crippen LogP contribution in [0.3, 0.4) is 0 Å². The quantitative estimate of drug-likeness (QED) is 0.548. The molecule has 154 valence electrons. The molecule has 0 saturated carbocycles. The zero-order valence-corrected chi connectivity index (χ0v) is 18.2. The summed E-state index contributed by atoms with van der Waals surface area (Å²) in [7, 11) is 4.06. The summed E-state index contributed by atoms with van der Waals surface area (Å²) in [5.74, 6) is -0.178. The minimum absolute atomic E-state index is 0.00686. The Morgan fingerprint density at radius 1 is 1.21 bits per heavy atom. The lowest BCUT2D eigenvalue weighted by molar-refractivity contribution is -0.136. The molecule has 0 spiro atoms. The molecule has 1 aromatic heterocycles. The van der Waals surface area contributed by atoms with Crippen molar-refractivity contribution in [3.8, 4) is 0 Å². The van der Waals surface area contributed by atoms with Gasteiger partial charge in [0.15, 0.2) is 0 Å². The first kappa shape index (κ1) is 22.4. The number of carbonyl (C=O) groups is 1. The molecule has 0 atom stereocenters. The van der Waals surface area contributed by atoms with Crippen molar-refractivity contribution in [2.45, 2.75) is 33.2 Å². The van der Waals surface area contributed by atoms with E-state index in [9.17, 15) is 4.79 Å². The number of aliphatic imine (C=N–C) groups is 2. The fraction of sp³-hybridized carbons (Fsp3) is 0.318. The van der Waals surface area contributed by atoms with Gasteiger partial charge < -0.3 is 15.3 Å². The molecule has 0 fully saturated rings. The number of nitrogens with zero attached hydrogens (tertiary/aromatic N) is 3. The number of hydrogen-bond acceptors (Lipinski definition) is 6. The van der Waals surface area contributed by atoms with Gasteiger partial charge in [0.2, 0.25) is 0 Å². The van der Waals surface area contributed by atoms with Crippen LogP contribution in [0.25, 0.3) is 0 Å². The first-order valence-corrected chi connectivity index (χ1v) is 10.2. The Morgan fingerprint density at radius 3 is 2.41 bits per heavy atom. The molecular formula is C22H28N4O2S. The van der Waals surface area contributed by atoms with Gasteiger partial charge in [-0.1, -0.05) is 19.1 Å². The van der Waals surface area contributed by atoms with Crippen molar-refractivity contribution in [1.29, 1.82) is 0 Å². The predicted octanol–water partition coefficient (Wildman–Crippen LogP) is 4.84. The van der Waals surface area contributed by atoms with Gasteiger partial charge in [0.05, 0.1) is 18.0 Å². The van der Waals surface area contributed by atoms with E-state index in [-0.39, 0.29) is 6.42 Å². The smallest absolute Gasteiger partial charge is 0.307 e. The number of hydrogen-bond donors (Lipinski definition) is 2. The van der Waals surface area contributed by atoms with Crippen LogP contribution in [0, 0.1) is 0 Å². The Labute approximate surface area is 176 Å². The Kier molecular flexibility index (Phi) is 8.15. The van der Waals surface area contributed by atoms with Gasteiger partial charge in [-0.15, -0.1) is 11.3 Å².